The van der Waals surface area contributed by atoms with Crippen molar-refractivity contribution in [2.24, 2.45) is 0 Å². The molecule has 0 saturated heterocycles. The van der Waals surface area contributed by atoms with E-state index in [-0.39, 0.29) is 0 Å². The van der Waals surface area contributed by atoms with Gasteiger partial charge in [0.25, 0.3) is 0 Å². The lowest BCUT2D eigenvalue weighted by atomic mass is 10.3. The van der Waals surface area contributed by atoms with Gasteiger partial charge in [0.2, 0.25) is 0 Å². The van der Waals surface area contributed by atoms with E-state index in [2.05, 4.69) is 37.6 Å². The Labute approximate surface area is 64.4 Å². The minimum Gasteiger partial charge on any atom is -0.306 e. The fourth-order valence-corrected chi connectivity index (χ4v) is 0.618. The van der Waals surface area contributed by atoms with E-state index in [0.717, 1.165) is 25.9 Å². The molecular formula is C9H17N. The van der Waals surface area contributed by atoms with E-state index in [1.807, 2.05) is 0 Å². The summed E-state index contributed by atoms with van der Waals surface area (Å²) >= 11 is 0. The van der Waals surface area contributed by atoms with Crippen molar-refractivity contribution in [3.8, 4) is 11.8 Å². The van der Waals surface area contributed by atoms with Crippen LogP contribution >= 0.6 is 0 Å². The molecule has 0 aromatic carbocycles. The second kappa shape index (κ2) is 6.64. The highest BCUT2D eigenvalue weighted by Gasteiger charge is 1.88. The van der Waals surface area contributed by atoms with E-state index in [4.69, 9.17) is 0 Å². The van der Waals surface area contributed by atoms with Gasteiger partial charge in [-0.25, -0.2) is 0 Å². The fourth-order valence-electron chi connectivity index (χ4n) is 0.618. The van der Waals surface area contributed by atoms with Gasteiger partial charge >= 0.3 is 0 Å². The van der Waals surface area contributed by atoms with E-state index in [1.54, 1.807) is 0 Å². The third kappa shape index (κ3) is 5.65. The summed E-state index contributed by atoms with van der Waals surface area (Å²) in [6, 6.07) is 0. The summed E-state index contributed by atoms with van der Waals surface area (Å²) in [5.74, 6) is 6.16. The van der Waals surface area contributed by atoms with Crippen LogP contribution in [0.4, 0.5) is 0 Å². The average Bonchev–Trinajstić information content (AvgIpc) is 1.98. The first-order valence-corrected chi connectivity index (χ1v) is 3.95. The van der Waals surface area contributed by atoms with Gasteiger partial charge in [0, 0.05) is 19.4 Å². The maximum Gasteiger partial charge on any atom is 0.0216 e. The van der Waals surface area contributed by atoms with Crippen molar-refractivity contribution in [3.05, 3.63) is 0 Å². The summed E-state index contributed by atoms with van der Waals surface area (Å²) in [4.78, 5) is 2.27. The van der Waals surface area contributed by atoms with Crippen LogP contribution in [0.3, 0.4) is 0 Å². The molecule has 0 saturated carbocycles. The minimum atomic E-state index is 0.982. The number of hydrogen-bond donors (Lipinski definition) is 0. The van der Waals surface area contributed by atoms with Crippen LogP contribution in [0.2, 0.25) is 0 Å². The topological polar surface area (TPSA) is 3.24 Å². The number of nitrogens with zero attached hydrogens (tertiary/aromatic N) is 1. The Bertz CT molecular complexity index is 118. The summed E-state index contributed by atoms with van der Waals surface area (Å²) in [6.07, 6.45) is 1.99. The van der Waals surface area contributed by atoms with Crippen LogP contribution in [0.1, 0.15) is 26.7 Å². The SMILES string of the molecule is CCC#CCCN(C)CC. The van der Waals surface area contributed by atoms with Crippen LogP contribution in [-0.4, -0.2) is 25.0 Å². The fraction of sp³-hybridized carbons (Fsp3) is 0.778. The third-order valence-electron chi connectivity index (χ3n) is 1.46. The monoisotopic (exact) mass is 139 g/mol. The van der Waals surface area contributed by atoms with Crippen molar-refractivity contribution in [1.29, 1.82) is 0 Å². The van der Waals surface area contributed by atoms with Gasteiger partial charge in [-0.1, -0.05) is 13.8 Å². The van der Waals surface area contributed by atoms with Crippen molar-refractivity contribution in [3.63, 3.8) is 0 Å². The summed E-state index contributed by atoms with van der Waals surface area (Å²) < 4.78 is 0. The zero-order valence-corrected chi connectivity index (χ0v) is 7.28. The molecule has 0 aliphatic carbocycles. The van der Waals surface area contributed by atoms with E-state index in [1.165, 1.54) is 0 Å². The van der Waals surface area contributed by atoms with Crippen molar-refractivity contribution in [1.82, 2.24) is 4.90 Å². The maximum absolute atomic E-state index is 3.11. The van der Waals surface area contributed by atoms with Crippen LogP contribution in [-0.2, 0) is 0 Å². The second-order valence-electron chi connectivity index (χ2n) is 2.35. The molecule has 0 unspecified atom stereocenters. The van der Waals surface area contributed by atoms with Gasteiger partial charge in [0.05, 0.1) is 0 Å². The molecule has 0 atom stereocenters. The lowest BCUT2D eigenvalue weighted by Gasteiger charge is -2.09. The van der Waals surface area contributed by atoms with E-state index < -0.39 is 0 Å². The highest BCUT2D eigenvalue weighted by Crippen LogP contribution is 1.84. The van der Waals surface area contributed by atoms with Crippen LogP contribution < -0.4 is 0 Å². The molecule has 10 heavy (non-hydrogen) atoms. The summed E-state index contributed by atoms with van der Waals surface area (Å²) in [7, 11) is 2.12. The highest BCUT2D eigenvalue weighted by atomic mass is 15.1. The van der Waals surface area contributed by atoms with Crippen molar-refractivity contribution in [2.75, 3.05) is 20.1 Å². The molecule has 0 aliphatic heterocycles. The van der Waals surface area contributed by atoms with Gasteiger partial charge in [0.15, 0.2) is 0 Å². The van der Waals surface area contributed by atoms with Gasteiger partial charge in [-0.2, -0.15) is 0 Å². The second-order valence-corrected chi connectivity index (χ2v) is 2.35. The Morgan fingerprint density at radius 2 is 1.90 bits per heavy atom. The molecule has 0 heterocycles. The minimum absolute atomic E-state index is 0.982. The van der Waals surface area contributed by atoms with Gasteiger partial charge in [0.1, 0.15) is 0 Å². The maximum atomic E-state index is 3.11. The predicted molar refractivity (Wildman–Crippen MR) is 45.9 cm³/mol. The molecule has 0 rings (SSSR count). The zero-order valence-electron chi connectivity index (χ0n) is 7.28. The highest BCUT2D eigenvalue weighted by molar-refractivity contribution is 4.97. The molecule has 0 aromatic rings. The van der Waals surface area contributed by atoms with Crippen LogP contribution in [0.5, 0.6) is 0 Å². The van der Waals surface area contributed by atoms with Gasteiger partial charge in [-0.3, -0.25) is 0 Å². The standard InChI is InChI=1S/C9H17N/c1-4-6-7-8-9-10(3)5-2/h4-5,8-9H2,1-3H3. The molecule has 0 radical (unpaired) electrons. The Balaban J connectivity index is 3.18. The van der Waals surface area contributed by atoms with E-state index >= 15 is 0 Å². The largest absolute Gasteiger partial charge is 0.306 e. The Kier molecular flexibility index (Phi) is 6.32. The molecule has 0 spiro atoms. The predicted octanol–water partition coefficient (Wildman–Crippen LogP) is 1.74. The normalized spacial score (nSPS) is 9.20. The first-order valence-electron chi connectivity index (χ1n) is 3.95. The van der Waals surface area contributed by atoms with Crippen LogP contribution in [0.15, 0.2) is 0 Å². The number of hydrogen-bond acceptors (Lipinski definition) is 1. The molecule has 0 aliphatic rings. The Morgan fingerprint density at radius 3 is 2.40 bits per heavy atom. The lowest BCUT2D eigenvalue weighted by Crippen LogP contribution is -2.18. The lowest BCUT2D eigenvalue weighted by molar-refractivity contribution is 0.362. The molecule has 1 nitrogen and oxygen atoms in total. The average molecular weight is 139 g/mol. The quantitative estimate of drug-likeness (QED) is 0.538. The van der Waals surface area contributed by atoms with Crippen molar-refractivity contribution < 1.29 is 0 Å². The summed E-state index contributed by atoms with van der Waals surface area (Å²) in [5.41, 5.74) is 0. The van der Waals surface area contributed by atoms with Gasteiger partial charge < -0.3 is 4.90 Å². The Hall–Kier alpha value is -0.480. The van der Waals surface area contributed by atoms with Gasteiger partial charge in [-0.15, -0.1) is 11.8 Å². The smallest absolute Gasteiger partial charge is 0.0216 e. The summed E-state index contributed by atoms with van der Waals surface area (Å²) in [5, 5.41) is 0. The molecular weight excluding hydrogens is 122 g/mol. The zero-order chi connectivity index (χ0) is 7.82. The van der Waals surface area contributed by atoms with Crippen molar-refractivity contribution in [2.45, 2.75) is 26.7 Å². The van der Waals surface area contributed by atoms with E-state index in [0.29, 0.717) is 0 Å². The first kappa shape index (κ1) is 9.52. The number of rotatable bonds is 3. The molecule has 1 heteroatoms. The summed E-state index contributed by atoms with van der Waals surface area (Å²) in [6.45, 7) is 6.46. The van der Waals surface area contributed by atoms with Crippen LogP contribution in [0, 0.1) is 11.8 Å². The molecule has 0 bridgehead atoms. The van der Waals surface area contributed by atoms with Crippen molar-refractivity contribution >= 4 is 0 Å². The molecule has 58 valence electrons. The molecule has 0 amide bonds. The first-order chi connectivity index (χ1) is 4.81. The third-order valence-corrected chi connectivity index (χ3v) is 1.46. The molecule has 0 aromatic heterocycles. The van der Waals surface area contributed by atoms with Crippen LogP contribution in [0.25, 0.3) is 0 Å². The van der Waals surface area contributed by atoms with Gasteiger partial charge in [-0.05, 0) is 13.6 Å². The van der Waals surface area contributed by atoms with E-state index in [9.17, 15) is 0 Å². The molecule has 0 N–H and O–H groups in total. The molecule has 0 fully saturated rings. The Morgan fingerprint density at radius 1 is 1.20 bits per heavy atom.